The first-order chi connectivity index (χ1) is 38.6. The summed E-state index contributed by atoms with van der Waals surface area (Å²) in [5, 5.41) is 1.42. The number of methoxy groups -OCH3 is 2. The molecule has 0 radical (unpaired) electrons. The van der Waals surface area contributed by atoms with Gasteiger partial charge in [-0.2, -0.15) is 0 Å². The van der Waals surface area contributed by atoms with Crippen LogP contribution in [0, 0.1) is 0 Å². The topological polar surface area (TPSA) is 46.2 Å². The van der Waals surface area contributed by atoms with E-state index in [1.165, 1.54) is 121 Å². The Morgan fingerprint density at radius 3 is 0.952 bits per heavy atom. The lowest BCUT2D eigenvalue weighted by atomic mass is 10.1. The minimum absolute atomic E-state index is 0.0723. The van der Waals surface area contributed by atoms with Crippen molar-refractivity contribution in [1.82, 2.24) is 0 Å². The zero-order valence-electron chi connectivity index (χ0n) is 60.7. The van der Waals surface area contributed by atoms with Crippen molar-refractivity contribution in [2.75, 3.05) is 112 Å². The molecule has 5 nitrogen and oxygen atoms in total. The van der Waals surface area contributed by atoms with E-state index in [-0.39, 0.29) is 29.6 Å². The minimum atomic E-state index is -0.353. The van der Waals surface area contributed by atoms with E-state index >= 15 is 0 Å². The van der Waals surface area contributed by atoms with Crippen LogP contribution in [0.5, 0.6) is 0 Å². The van der Waals surface area contributed by atoms with Gasteiger partial charge in [-0.1, -0.05) is 154 Å². The van der Waals surface area contributed by atoms with Crippen LogP contribution >= 0.6 is 71.3 Å². The van der Waals surface area contributed by atoms with Gasteiger partial charge in [0, 0.05) is 36.9 Å². The molecule has 0 saturated carbocycles. The van der Waals surface area contributed by atoms with Gasteiger partial charge in [0.2, 0.25) is 0 Å². The number of hydrogen-bond donors (Lipinski definition) is 0. The van der Waals surface area contributed by atoms with Gasteiger partial charge in [-0.05, 0) is 231 Å². The molecular formula is C69H145O5P9. The lowest BCUT2D eigenvalue weighted by Crippen LogP contribution is -2.34. The summed E-state index contributed by atoms with van der Waals surface area (Å²) < 4.78 is 28.1. The molecule has 0 aromatic heterocycles. The van der Waals surface area contributed by atoms with Gasteiger partial charge < -0.3 is 23.7 Å². The summed E-state index contributed by atoms with van der Waals surface area (Å²) >= 11 is 0. The molecule has 10 aliphatic rings. The second-order valence-electron chi connectivity index (χ2n) is 29.7. The summed E-state index contributed by atoms with van der Waals surface area (Å²) in [6.07, 6.45) is 29.8. The van der Waals surface area contributed by atoms with Crippen LogP contribution < -0.4 is 0 Å². The standard InChI is InChI=1S/C10H19O2P.C9H19O2P.2C8H17P.C7H15OP.3C7H15P.C6H13P/c1-6-8-9(7(2)13(6)5)12-10(3,4)11-8;1-6-8(10-3)9(11-4)7(2)12(6)5;1-8(2)6-4-5-7-9(8)3;1-7-5-4-6-8(2)9(7)3;1-6-4-8-5-7(2)9(6)3;1-7(2)5-4-6-8(7)3;1-6-4-5-7(2)8(6)3;1-7-5-3-4-6-8(7)2;1-6-4-3-5-7(6)2/h6-9H,1-5H3;6-9H,1-5H3;4-7H2,1-3H3;7-8H,4-6H2,1-3H3;6-7H,4-5H2,1-3H3;4-6H2,1-3H3;6-7H,4-5H2,1-3H3;7H,3-6H2,1-2H3;6H,3-5H2,1-2H3/t2*6-,7-,8+,9+;;7-,8-;6-,7-;;6-,7-;7-,8?;6-,7?/m00.00.000/s1. The van der Waals surface area contributed by atoms with Crippen molar-refractivity contribution in [3.8, 4) is 0 Å². The Hall–Kier alpha value is 3.67. The first-order valence-electron chi connectivity index (χ1n) is 34.0. The Kier molecular flexibility index (Phi) is 40.7. The fourth-order valence-corrected chi connectivity index (χ4v) is 30.5. The molecule has 10 aliphatic heterocycles. The van der Waals surface area contributed by atoms with Gasteiger partial charge in [0.05, 0.1) is 37.6 Å². The van der Waals surface area contributed by atoms with E-state index in [4.69, 9.17) is 23.7 Å². The van der Waals surface area contributed by atoms with Crippen LogP contribution in [0.3, 0.4) is 0 Å². The van der Waals surface area contributed by atoms with E-state index in [0.717, 1.165) is 63.6 Å². The van der Waals surface area contributed by atoms with Crippen LogP contribution in [0.4, 0.5) is 0 Å². The van der Waals surface area contributed by atoms with Crippen LogP contribution in [0.1, 0.15) is 221 Å². The fraction of sp³-hybridized carbons (Fsp3) is 1.00. The fourth-order valence-electron chi connectivity index (χ4n) is 13.4. The van der Waals surface area contributed by atoms with E-state index in [9.17, 15) is 0 Å². The first-order valence-corrected chi connectivity index (χ1v) is 51.7. The Morgan fingerprint density at radius 2 is 0.675 bits per heavy atom. The lowest BCUT2D eigenvalue weighted by Gasteiger charge is -2.36. The summed E-state index contributed by atoms with van der Waals surface area (Å²) in [4.78, 5) is 0. The third-order valence-corrected chi connectivity index (χ3v) is 50.7. The highest BCUT2D eigenvalue weighted by Gasteiger charge is 2.54. The average molecular weight is 1330 g/mol. The highest BCUT2D eigenvalue weighted by atomic mass is 31.1. The second-order valence-corrected chi connectivity index (χ2v) is 56.7. The summed E-state index contributed by atoms with van der Waals surface area (Å²) in [6, 6.07) is 0. The Balaban J connectivity index is 0.000000321. The van der Waals surface area contributed by atoms with Crippen LogP contribution in [0.15, 0.2) is 0 Å². The lowest BCUT2D eigenvalue weighted by molar-refractivity contribution is -0.147. The third-order valence-electron chi connectivity index (χ3n) is 22.5. The average Bonchev–Trinajstić information content (AvgIpc) is 4.44. The highest BCUT2D eigenvalue weighted by Crippen LogP contribution is 2.59. The van der Waals surface area contributed by atoms with Crippen molar-refractivity contribution in [1.29, 1.82) is 0 Å². The van der Waals surface area contributed by atoms with Gasteiger partial charge >= 0.3 is 0 Å². The van der Waals surface area contributed by atoms with E-state index in [1.54, 1.807) is 14.2 Å². The van der Waals surface area contributed by atoms with Crippen LogP contribution in [0.25, 0.3) is 0 Å². The molecule has 0 aromatic rings. The number of hydrogen-bond acceptors (Lipinski definition) is 5. The molecule has 0 N–H and O–H groups in total. The summed E-state index contributed by atoms with van der Waals surface area (Å²) in [5.74, 6) is -0.353. The maximum absolute atomic E-state index is 5.92. The quantitative estimate of drug-likeness (QED) is 0.258. The molecule has 0 spiro atoms. The van der Waals surface area contributed by atoms with Crippen LogP contribution in [-0.4, -0.2) is 220 Å². The molecule has 10 heterocycles. The van der Waals surface area contributed by atoms with Crippen molar-refractivity contribution in [2.24, 2.45) is 0 Å². The zero-order valence-corrected chi connectivity index (χ0v) is 68.7. The van der Waals surface area contributed by atoms with Crippen molar-refractivity contribution in [3.63, 3.8) is 0 Å². The van der Waals surface area contributed by atoms with Gasteiger partial charge in [0.1, 0.15) is 0 Å². The van der Waals surface area contributed by atoms with E-state index in [2.05, 4.69) is 171 Å². The number of ether oxygens (including phenoxy) is 5. The second kappa shape index (κ2) is 40.8. The molecule has 20 atom stereocenters. The molecule has 0 bridgehead atoms. The maximum Gasteiger partial charge on any atom is 0.163 e. The number of fused-ring (bicyclic) bond motifs is 1. The van der Waals surface area contributed by atoms with Gasteiger partial charge in [0.15, 0.2) is 5.79 Å². The third kappa shape index (κ3) is 27.9. The van der Waals surface area contributed by atoms with Crippen molar-refractivity contribution >= 4 is 71.3 Å². The van der Waals surface area contributed by atoms with Crippen molar-refractivity contribution in [2.45, 2.75) is 329 Å². The molecule has 0 aromatic carbocycles. The smallest absolute Gasteiger partial charge is 0.163 e. The van der Waals surface area contributed by atoms with E-state index < -0.39 is 0 Å². The molecule has 0 amide bonds. The predicted octanol–water partition coefficient (Wildman–Crippen LogP) is 22.6. The normalized spacial score (nSPS) is 42.3. The molecule has 4 unspecified atom stereocenters. The number of rotatable bonds is 2. The SMILES string of the molecule is CO[C@H]1[C@H](OC)[C@H](C)P(C)[C@H]1C.CP1CCCC1(C)C.CP1CCCCC1(C)C.C[C@H]1CCCCP1C.C[C@H]1CCCP1C.C[C@H]1CCC[C@H](C)P1C.C[C@H]1CC[C@H](C)P1C.C[C@H]1COC[C@H](C)P1C.C[C@H]1[C@H]2OC(C)(C)O[C@@H]2[C@H](C)P1C. The molecule has 496 valence electrons. The maximum atomic E-state index is 5.92. The molecular weight excluding hydrogens is 1190 g/mol. The molecule has 14 heteroatoms. The van der Waals surface area contributed by atoms with Crippen LogP contribution in [0.2, 0.25) is 0 Å². The van der Waals surface area contributed by atoms with E-state index in [0.29, 0.717) is 99.7 Å². The largest absolute Gasteiger partial charge is 0.380 e. The Morgan fingerprint density at radius 1 is 0.337 bits per heavy atom. The minimum Gasteiger partial charge on any atom is -0.380 e. The van der Waals surface area contributed by atoms with E-state index in [1.807, 2.05) is 13.8 Å². The summed E-state index contributed by atoms with van der Waals surface area (Å²) in [5.41, 5.74) is 10.7. The van der Waals surface area contributed by atoms with Crippen molar-refractivity contribution in [3.05, 3.63) is 0 Å². The molecule has 10 rings (SSSR count). The molecule has 10 saturated heterocycles. The molecule has 10 fully saturated rings. The predicted molar refractivity (Wildman–Crippen MR) is 402 cm³/mol. The van der Waals surface area contributed by atoms with Gasteiger partial charge in [-0.15, -0.1) is 47.5 Å². The summed E-state index contributed by atoms with van der Waals surface area (Å²) in [6.45, 7) is 65.6. The van der Waals surface area contributed by atoms with Gasteiger partial charge in [0.25, 0.3) is 0 Å². The summed E-state index contributed by atoms with van der Waals surface area (Å²) in [7, 11) is 6.47. The first kappa shape index (κ1) is 82.8. The zero-order chi connectivity index (χ0) is 63.3. The highest BCUT2D eigenvalue weighted by molar-refractivity contribution is 7.60. The van der Waals surface area contributed by atoms with Crippen molar-refractivity contribution < 1.29 is 23.7 Å². The molecule has 83 heavy (non-hydrogen) atoms. The van der Waals surface area contributed by atoms with Gasteiger partial charge in [-0.25, -0.2) is 0 Å². The van der Waals surface area contributed by atoms with Gasteiger partial charge in [-0.3, -0.25) is 0 Å². The Bertz CT molecular complexity index is 1580. The molecule has 0 aliphatic carbocycles. The Labute approximate surface area is 533 Å². The monoisotopic (exact) mass is 1330 g/mol. The van der Waals surface area contributed by atoms with Crippen LogP contribution in [-0.2, 0) is 23.7 Å².